The van der Waals surface area contributed by atoms with E-state index in [0.717, 1.165) is 77.0 Å². The summed E-state index contributed by atoms with van der Waals surface area (Å²) in [5.74, 6) is -0.869. The average molecular weight is 1040 g/mol. The van der Waals surface area contributed by atoms with Crippen molar-refractivity contribution in [3.05, 3.63) is 48.6 Å². The summed E-state index contributed by atoms with van der Waals surface area (Å²) in [6.07, 6.45) is 78.5. The second kappa shape index (κ2) is 62.9. The van der Waals surface area contributed by atoms with Crippen LogP contribution in [0.5, 0.6) is 0 Å². The number of esters is 3. The highest BCUT2D eigenvalue weighted by molar-refractivity contribution is 5.71. The molecule has 0 heterocycles. The van der Waals surface area contributed by atoms with Crippen LogP contribution in [0.2, 0.25) is 0 Å². The van der Waals surface area contributed by atoms with Gasteiger partial charge in [0.05, 0.1) is 0 Å². The minimum absolute atomic E-state index is 0.0737. The normalized spacial score (nSPS) is 12.3. The topological polar surface area (TPSA) is 78.9 Å². The number of allylic oxidation sites excluding steroid dienone is 8. The Morgan fingerprint density at radius 1 is 0.270 bits per heavy atom. The van der Waals surface area contributed by atoms with Crippen LogP contribution >= 0.6 is 0 Å². The van der Waals surface area contributed by atoms with Crippen LogP contribution in [0.3, 0.4) is 0 Å². The largest absolute Gasteiger partial charge is 0.462 e. The van der Waals surface area contributed by atoms with Crippen molar-refractivity contribution in [2.75, 3.05) is 13.2 Å². The molecular weight excluding hydrogens is 913 g/mol. The highest BCUT2D eigenvalue weighted by atomic mass is 16.6. The van der Waals surface area contributed by atoms with E-state index in [1.54, 1.807) is 0 Å². The second-order valence-electron chi connectivity index (χ2n) is 22.0. The summed E-state index contributed by atoms with van der Waals surface area (Å²) < 4.78 is 16.9. The van der Waals surface area contributed by atoms with Gasteiger partial charge in [-0.2, -0.15) is 0 Å². The van der Waals surface area contributed by atoms with E-state index in [-0.39, 0.29) is 31.1 Å². The lowest BCUT2D eigenvalue weighted by Crippen LogP contribution is -2.30. The third-order valence-electron chi connectivity index (χ3n) is 14.5. The van der Waals surface area contributed by atoms with Crippen molar-refractivity contribution in [3.8, 4) is 0 Å². The van der Waals surface area contributed by atoms with Crippen molar-refractivity contribution in [1.82, 2.24) is 0 Å². The molecule has 0 saturated heterocycles. The van der Waals surface area contributed by atoms with Crippen molar-refractivity contribution >= 4 is 17.9 Å². The van der Waals surface area contributed by atoms with Gasteiger partial charge in [-0.05, 0) is 96.3 Å². The number of hydrogen-bond donors (Lipinski definition) is 0. The molecule has 74 heavy (non-hydrogen) atoms. The molecular formula is C68H124O6. The molecule has 0 saturated carbocycles. The second-order valence-corrected chi connectivity index (χ2v) is 22.0. The first-order chi connectivity index (χ1) is 36.5. The first kappa shape index (κ1) is 71.4. The zero-order valence-corrected chi connectivity index (χ0v) is 49.6. The molecule has 0 aliphatic carbocycles. The molecule has 0 rings (SSSR count). The Morgan fingerprint density at radius 3 is 0.811 bits per heavy atom. The summed E-state index contributed by atoms with van der Waals surface area (Å²) in [4.78, 5) is 38.2. The molecule has 0 N–H and O–H groups in total. The fourth-order valence-corrected chi connectivity index (χ4v) is 9.59. The minimum atomic E-state index is -0.776. The van der Waals surface area contributed by atoms with Crippen LogP contribution in [0.15, 0.2) is 48.6 Å². The van der Waals surface area contributed by atoms with Crippen LogP contribution in [-0.2, 0) is 28.6 Å². The third-order valence-corrected chi connectivity index (χ3v) is 14.5. The molecule has 0 aromatic carbocycles. The predicted molar refractivity (Wildman–Crippen MR) is 321 cm³/mol. The van der Waals surface area contributed by atoms with Gasteiger partial charge in [-0.25, -0.2) is 0 Å². The van der Waals surface area contributed by atoms with Crippen molar-refractivity contribution in [3.63, 3.8) is 0 Å². The Morgan fingerprint density at radius 2 is 0.514 bits per heavy atom. The van der Waals surface area contributed by atoms with Crippen molar-refractivity contribution in [1.29, 1.82) is 0 Å². The minimum Gasteiger partial charge on any atom is -0.462 e. The summed E-state index contributed by atoms with van der Waals surface area (Å²) in [7, 11) is 0. The standard InChI is InChI=1S/C68H124O6/c1-4-7-10-13-16-19-22-24-26-28-30-31-32-33-34-35-36-37-39-40-42-44-46-49-52-55-58-61-67(70)73-64-65(63-72-66(69)60-57-54-51-48-21-18-15-12-9-6-3)74-68(71)62-59-56-53-50-47-45-43-41-38-29-27-25-23-20-17-14-11-8-5-2/h12,15,22,24-25,27-28,30,65H,4-11,13-14,16-21,23,26,29,31-64H2,1-3H3/b15-12-,24-22-,27-25-,30-28-. The van der Waals surface area contributed by atoms with Crippen molar-refractivity contribution in [2.24, 2.45) is 0 Å². The zero-order valence-electron chi connectivity index (χ0n) is 49.6. The van der Waals surface area contributed by atoms with Gasteiger partial charge in [0.2, 0.25) is 0 Å². The summed E-state index contributed by atoms with van der Waals surface area (Å²) >= 11 is 0. The highest BCUT2D eigenvalue weighted by Gasteiger charge is 2.19. The quantitative estimate of drug-likeness (QED) is 0.0261. The SMILES string of the molecule is CCC/C=C\CCCCCCCC(=O)OCC(COC(=O)CCCCCCCCCCCCCCCCC/C=C\C/C=C\CCCCCCC)OC(=O)CCCCCCCCCCC/C=C\CCCCCCCC. The van der Waals surface area contributed by atoms with Gasteiger partial charge in [-0.3, -0.25) is 14.4 Å². The average Bonchev–Trinajstić information content (AvgIpc) is 3.40. The molecule has 0 aromatic heterocycles. The lowest BCUT2D eigenvalue weighted by Gasteiger charge is -2.18. The monoisotopic (exact) mass is 1040 g/mol. The molecule has 0 aliphatic heterocycles. The maximum absolute atomic E-state index is 12.9. The Labute approximate surface area is 460 Å². The molecule has 6 nitrogen and oxygen atoms in total. The predicted octanol–water partition coefficient (Wildman–Crippen LogP) is 22.2. The first-order valence-corrected chi connectivity index (χ1v) is 32.6. The molecule has 0 fully saturated rings. The molecule has 0 spiro atoms. The molecule has 6 heteroatoms. The van der Waals surface area contributed by atoms with E-state index >= 15 is 0 Å². The van der Waals surface area contributed by atoms with Gasteiger partial charge in [-0.1, -0.05) is 281 Å². The van der Waals surface area contributed by atoms with E-state index in [1.807, 2.05) is 0 Å². The van der Waals surface area contributed by atoms with Crippen LogP contribution in [0.1, 0.15) is 348 Å². The van der Waals surface area contributed by atoms with Gasteiger partial charge in [0.25, 0.3) is 0 Å². The van der Waals surface area contributed by atoms with E-state index in [2.05, 4.69) is 69.4 Å². The fraction of sp³-hybridized carbons (Fsp3) is 0.838. The Bertz CT molecular complexity index is 1280. The molecule has 0 radical (unpaired) electrons. The maximum atomic E-state index is 12.9. The fourth-order valence-electron chi connectivity index (χ4n) is 9.59. The summed E-state index contributed by atoms with van der Waals surface area (Å²) in [6.45, 7) is 6.60. The molecule has 0 aromatic rings. The number of carbonyl (C=O) groups is 3. The number of rotatable bonds is 60. The maximum Gasteiger partial charge on any atom is 0.306 e. The van der Waals surface area contributed by atoms with Crippen molar-refractivity contribution in [2.45, 2.75) is 354 Å². The lowest BCUT2D eigenvalue weighted by atomic mass is 10.0. The highest BCUT2D eigenvalue weighted by Crippen LogP contribution is 2.17. The van der Waals surface area contributed by atoms with E-state index < -0.39 is 6.10 Å². The van der Waals surface area contributed by atoms with Gasteiger partial charge < -0.3 is 14.2 Å². The molecule has 0 aliphatic rings. The van der Waals surface area contributed by atoms with E-state index in [4.69, 9.17) is 14.2 Å². The molecule has 1 atom stereocenters. The van der Waals surface area contributed by atoms with Crippen LogP contribution in [-0.4, -0.2) is 37.2 Å². The summed E-state index contributed by atoms with van der Waals surface area (Å²) in [5.41, 5.74) is 0. The van der Waals surface area contributed by atoms with Gasteiger partial charge in [0.1, 0.15) is 13.2 Å². The smallest absolute Gasteiger partial charge is 0.306 e. The molecule has 0 amide bonds. The van der Waals surface area contributed by atoms with Crippen LogP contribution in [0, 0.1) is 0 Å². The van der Waals surface area contributed by atoms with E-state index in [1.165, 1.54) is 231 Å². The third kappa shape index (κ3) is 60.2. The Hall–Kier alpha value is -2.63. The van der Waals surface area contributed by atoms with Crippen LogP contribution in [0.25, 0.3) is 0 Å². The lowest BCUT2D eigenvalue weighted by molar-refractivity contribution is -0.167. The first-order valence-electron chi connectivity index (χ1n) is 32.6. The van der Waals surface area contributed by atoms with Gasteiger partial charge in [0, 0.05) is 19.3 Å². The summed E-state index contributed by atoms with van der Waals surface area (Å²) in [5, 5.41) is 0. The van der Waals surface area contributed by atoms with E-state index in [0.29, 0.717) is 19.3 Å². The van der Waals surface area contributed by atoms with Crippen LogP contribution < -0.4 is 0 Å². The molecule has 432 valence electrons. The number of ether oxygens (including phenoxy) is 3. The Kier molecular flexibility index (Phi) is 60.7. The van der Waals surface area contributed by atoms with Gasteiger partial charge in [0.15, 0.2) is 6.10 Å². The zero-order chi connectivity index (χ0) is 53.6. The van der Waals surface area contributed by atoms with Crippen molar-refractivity contribution < 1.29 is 28.6 Å². The van der Waals surface area contributed by atoms with Crippen LogP contribution in [0.4, 0.5) is 0 Å². The molecule has 1 unspecified atom stereocenters. The molecule has 0 bridgehead atoms. The Balaban J connectivity index is 4.17. The van der Waals surface area contributed by atoms with Gasteiger partial charge >= 0.3 is 17.9 Å². The number of carbonyl (C=O) groups excluding carboxylic acids is 3. The summed E-state index contributed by atoms with van der Waals surface area (Å²) in [6, 6.07) is 0. The number of unbranched alkanes of at least 4 members (excludes halogenated alkanes) is 41. The number of hydrogen-bond acceptors (Lipinski definition) is 6. The van der Waals surface area contributed by atoms with Gasteiger partial charge in [-0.15, -0.1) is 0 Å². The van der Waals surface area contributed by atoms with E-state index in [9.17, 15) is 14.4 Å².